The first-order valence-electron chi connectivity index (χ1n) is 7.33. The minimum Gasteiger partial charge on any atom is -0.469 e. The highest BCUT2D eigenvalue weighted by molar-refractivity contribution is 5.73. The Morgan fingerprint density at radius 3 is 2.65 bits per heavy atom. The quantitative estimate of drug-likeness (QED) is 0.798. The van der Waals surface area contributed by atoms with Gasteiger partial charge in [0.05, 0.1) is 20.1 Å². The Morgan fingerprint density at radius 1 is 1.30 bits per heavy atom. The molecule has 0 N–H and O–H groups in total. The van der Waals surface area contributed by atoms with Crippen molar-refractivity contribution in [2.45, 2.75) is 37.8 Å². The second-order valence-corrected chi connectivity index (χ2v) is 5.50. The van der Waals surface area contributed by atoms with E-state index in [-0.39, 0.29) is 25.9 Å². The van der Waals surface area contributed by atoms with Crippen molar-refractivity contribution in [2.75, 3.05) is 13.7 Å². The molecule has 0 aromatic heterocycles. The topological polar surface area (TPSA) is 55.8 Å². The maximum Gasteiger partial charge on any atom is 0.410 e. The molecule has 0 radical (unpaired) electrons. The lowest BCUT2D eigenvalue weighted by Crippen LogP contribution is -2.52. The zero-order chi connectivity index (χ0) is 16.9. The average Bonchev–Trinajstić information content (AvgIpc) is 2.54. The van der Waals surface area contributed by atoms with E-state index in [1.807, 2.05) is 6.07 Å². The highest BCUT2D eigenvalue weighted by Gasteiger charge is 2.43. The summed E-state index contributed by atoms with van der Waals surface area (Å²) < 4.78 is 36.9. The normalized spacial score (nSPS) is 20.0. The summed E-state index contributed by atoms with van der Waals surface area (Å²) >= 11 is 0. The van der Waals surface area contributed by atoms with Crippen LogP contribution < -0.4 is 0 Å². The summed E-state index contributed by atoms with van der Waals surface area (Å²) in [5.41, 5.74) is 0.758. The molecule has 0 saturated carbocycles. The van der Waals surface area contributed by atoms with Crippen LogP contribution in [0.15, 0.2) is 30.3 Å². The molecular weight excluding hydrogens is 308 g/mol. The SMILES string of the molecule is COC(=O)CC1CCC(F)(F)CN1C(=O)OCc1ccccc1. The number of piperidine rings is 1. The highest BCUT2D eigenvalue weighted by Crippen LogP contribution is 2.32. The molecule has 1 fully saturated rings. The van der Waals surface area contributed by atoms with Crippen LogP contribution in [0.1, 0.15) is 24.8 Å². The van der Waals surface area contributed by atoms with E-state index in [1.54, 1.807) is 24.3 Å². The van der Waals surface area contributed by atoms with Crippen LogP contribution in [0.25, 0.3) is 0 Å². The Labute approximate surface area is 133 Å². The number of amides is 1. The van der Waals surface area contributed by atoms with Gasteiger partial charge in [-0.1, -0.05) is 30.3 Å². The van der Waals surface area contributed by atoms with Crippen LogP contribution in [-0.2, 0) is 20.9 Å². The number of carbonyl (C=O) groups is 2. The smallest absolute Gasteiger partial charge is 0.410 e. The lowest BCUT2D eigenvalue weighted by atomic mass is 9.97. The zero-order valence-electron chi connectivity index (χ0n) is 12.8. The number of hydrogen-bond donors (Lipinski definition) is 0. The minimum atomic E-state index is -2.97. The van der Waals surface area contributed by atoms with Gasteiger partial charge >= 0.3 is 12.1 Å². The molecule has 1 heterocycles. The fourth-order valence-electron chi connectivity index (χ4n) is 2.49. The van der Waals surface area contributed by atoms with Gasteiger partial charge < -0.3 is 9.47 Å². The van der Waals surface area contributed by atoms with E-state index in [1.165, 1.54) is 7.11 Å². The molecule has 0 bridgehead atoms. The number of alkyl halides is 2. The van der Waals surface area contributed by atoms with Crippen molar-refractivity contribution in [3.8, 4) is 0 Å². The first-order valence-corrected chi connectivity index (χ1v) is 7.33. The molecule has 0 aliphatic carbocycles. The summed E-state index contributed by atoms with van der Waals surface area (Å²) in [7, 11) is 1.22. The largest absolute Gasteiger partial charge is 0.469 e. The maximum atomic E-state index is 13.6. The van der Waals surface area contributed by atoms with E-state index in [0.29, 0.717) is 0 Å². The number of methoxy groups -OCH3 is 1. The second kappa shape index (κ2) is 7.39. The standard InChI is InChI=1S/C16H19F2NO4/c1-22-14(20)9-13-7-8-16(17,18)11-19(13)15(21)23-10-12-5-3-2-4-6-12/h2-6,13H,7-11H2,1H3. The summed E-state index contributed by atoms with van der Waals surface area (Å²) in [6.07, 6.45) is -1.30. The number of halogens is 2. The van der Waals surface area contributed by atoms with Crippen molar-refractivity contribution in [1.29, 1.82) is 0 Å². The van der Waals surface area contributed by atoms with Crippen molar-refractivity contribution in [3.63, 3.8) is 0 Å². The van der Waals surface area contributed by atoms with Gasteiger partial charge in [0, 0.05) is 12.5 Å². The van der Waals surface area contributed by atoms with Crippen LogP contribution in [0.2, 0.25) is 0 Å². The molecule has 1 atom stereocenters. The predicted molar refractivity (Wildman–Crippen MR) is 77.9 cm³/mol. The Kier molecular flexibility index (Phi) is 5.52. The molecule has 126 valence electrons. The van der Waals surface area contributed by atoms with E-state index < -0.39 is 30.6 Å². The summed E-state index contributed by atoms with van der Waals surface area (Å²) in [6.45, 7) is -0.755. The number of hydrogen-bond acceptors (Lipinski definition) is 4. The van der Waals surface area contributed by atoms with E-state index >= 15 is 0 Å². The zero-order valence-corrected chi connectivity index (χ0v) is 12.8. The number of likely N-dealkylation sites (tertiary alicyclic amines) is 1. The molecule has 1 aromatic rings. The van der Waals surface area contributed by atoms with E-state index in [9.17, 15) is 18.4 Å². The third-order valence-corrected chi connectivity index (χ3v) is 3.76. The number of nitrogens with zero attached hydrogens (tertiary/aromatic N) is 1. The monoisotopic (exact) mass is 327 g/mol. The van der Waals surface area contributed by atoms with Crippen LogP contribution in [0.5, 0.6) is 0 Å². The van der Waals surface area contributed by atoms with Crippen molar-refractivity contribution in [3.05, 3.63) is 35.9 Å². The Hall–Kier alpha value is -2.18. The Balaban J connectivity index is 2.01. The number of benzene rings is 1. The first-order chi connectivity index (χ1) is 10.9. The Morgan fingerprint density at radius 2 is 2.00 bits per heavy atom. The summed E-state index contributed by atoms with van der Waals surface area (Å²) in [6, 6.07) is 8.30. The molecule has 1 unspecified atom stereocenters. The summed E-state index contributed by atoms with van der Waals surface area (Å²) in [4.78, 5) is 24.5. The third kappa shape index (κ3) is 4.91. The molecule has 1 aliphatic rings. The van der Waals surface area contributed by atoms with Crippen LogP contribution in [0.3, 0.4) is 0 Å². The summed E-state index contributed by atoms with van der Waals surface area (Å²) in [5.74, 6) is -3.51. The average molecular weight is 327 g/mol. The van der Waals surface area contributed by atoms with Gasteiger partial charge in [0.15, 0.2) is 0 Å². The molecule has 1 saturated heterocycles. The molecular formula is C16H19F2NO4. The molecule has 1 amide bonds. The number of esters is 1. The van der Waals surface area contributed by atoms with Gasteiger partial charge in [0.25, 0.3) is 5.92 Å². The maximum absolute atomic E-state index is 13.6. The van der Waals surface area contributed by atoms with Crippen molar-refractivity contribution in [2.24, 2.45) is 0 Å². The first kappa shape index (κ1) is 17.2. The van der Waals surface area contributed by atoms with Crippen LogP contribution in [0.4, 0.5) is 13.6 Å². The van der Waals surface area contributed by atoms with Crippen LogP contribution >= 0.6 is 0 Å². The molecule has 1 aromatic carbocycles. The molecule has 23 heavy (non-hydrogen) atoms. The molecule has 7 heteroatoms. The fourth-order valence-corrected chi connectivity index (χ4v) is 2.49. The van der Waals surface area contributed by atoms with Gasteiger partial charge in [-0.25, -0.2) is 13.6 Å². The van der Waals surface area contributed by atoms with Gasteiger partial charge in [-0.05, 0) is 12.0 Å². The van der Waals surface area contributed by atoms with Gasteiger partial charge in [0.2, 0.25) is 0 Å². The third-order valence-electron chi connectivity index (χ3n) is 3.76. The van der Waals surface area contributed by atoms with Gasteiger partial charge in [-0.3, -0.25) is 9.69 Å². The Bertz CT molecular complexity index is 550. The van der Waals surface area contributed by atoms with Crippen LogP contribution in [0, 0.1) is 0 Å². The van der Waals surface area contributed by atoms with Gasteiger partial charge in [-0.15, -0.1) is 0 Å². The summed E-state index contributed by atoms with van der Waals surface area (Å²) in [5, 5.41) is 0. The number of ether oxygens (including phenoxy) is 2. The van der Waals surface area contributed by atoms with Crippen molar-refractivity contribution >= 4 is 12.1 Å². The fraction of sp³-hybridized carbons (Fsp3) is 0.500. The van der Waals surface area contributed by atoms with Crippen LogP contribution in [-0.4, -0.2) is 42.6 Å². The molecule has 5 nitrogen and oxygen atoms in total. The predicted octanol–water partition coefficient (Wildman–Crippen LogP) is 2.99. The number of carbonyl (C=O) groups excluding carboxylic acids is 2. The van der Waals surface area contributed by atoms with Crippen molar-refractivity contribution in [1.82, 2.24) is 4.90 Å². The molecule has 1 aliphatic heterocycles. The highest BCUT2D eigenvalue weighted by atomic mass is 19.3. The molecule has 0 spiro atoms. The van der Waals surface area contributed by atoms with E-state index in [2.05, 4.69) is 4.74 Å². The van der Waals surface area contributed by atoms with Gasteiger partial charge in [-0.2, -0.15) is 0 Å². The lowest BCUT2D eigenvalue weighted by molar-refractivity contribution is -0.144. The van der Waals surface area contributed by atoms with E-state index in [0.717, 1.165) is 10.5 Å². The minimum absolute atomic E-state index is 0.00725. The van der Waals surface area contributed by atoms with Crippen molar-refractivity contribution < 1.29 is 27.8 Å². The molecule has 2 rings (SSSR count). The number of rotatable bonds is 4. The second-order valence-electron chi connectivity index (χ2n) is 5.50. The lowest BCUT2D eigenvalue weighted by Gasteiger charge is -2.38. The van der Waals surface area contributed by atoms with Gasteiger partial charge in [0.1, 0.15) is 6.61 Å². The van der Waals surface area contributed by atoms with E-state index in [4.69, 9.17) is 4.74 Å².